The number of aliphatic carboxylic acids is 1. The van der Waals surface area contributed by atoms with Crippen molar-refractivity contribution in [2.24, 2.45) is 0 Å². The van der Waals surface area contributed by atoms with E-state index in [-0.39, 0.29) is 5.75 Å². The molecule has 0 spiro atoms. The molecule has 35 heavy (non-hydrogen) atoms. The first-order valence-electron chi connectivity index (χ1n) is 11.5. The fourth-order valence-electron chi connectivity index (χ4n) is 4.16. The van der Waals surface area contributed by atoms with Crippen LogP contribution < -0.4 is 5.32 Å². The molecule has 0 saturated carbocycles. The number of aryl methyl sites for hydroxylation is 1. The zero-order valence-electron chi connectivity index (χ0n) is 19.6. The van der Waals surface area contributed by atoms with Gasteiger partial charge in [-0.05, 0) is 65.8 Å². The normalized spacial score (nSPS) is 14.7. The molecule has 2 aromatic carbocycles. The minimum absolute atomic E-state index is 0.0779. The third kappa shape index (κ3) is 6.32. The van der Waals surface area contributed by atoms with Crippen LogP contribution in [0.5, 0.6) is 5.75 Å². The van der Waals surface area contributed by atoms with Gasteiger partial charge in [0.25, 0.3) is 0 Å². The predicted molar refractivity (Wildman–Crippen MR) is 141 cm³/mol. The number of phenolic OH excluding ortho intramolecular Hbond substituents is 1. The topological polar surface area (TPSA) is 85.7 Å². The Kier molecular flexibility index (Phi) is 7.90. The number of pyridine rings is 1. The zero-order chi connectivity index (χ0) is 24.8. The van der Waals surface area contributed by atoms with Crippen LogP contribution >= 0.6 is 11.9 Å². The Labute approximate surface area is 210 Å². The number of carbonyl (C=O) groups is 1. The number of phenols is 1. The summed E-state index contributed by atoms with van der Waals surface area (Å²) in [5, 5.41) is 22.9. The number of carboxylic acid groups (broad SMARTS) is 1. The Morgan fingerprint density at radius 1 is 1.20 bits per heavy atom. The number of nitrogens with zero attached hydrogens (tertiary/aromatic N) is 2. The Balaban J connectivity index is 1.38. The van der Waals surface area contributed by atoms with Crippen molar-refractivity contribution >= 4 is 29.2 Å². The summed E-state index contributed by atoms with van der Waals surface area (Å²) in [4.78, 5) is 17.2. The van der Waals surface area contributed by atoms with Crippen molar-refractivity contribution in [1.82, 2.24) is 14.6 Å². The molecule has 7 heteroatoms. The van der Waals surface area contributed by atoms with Crippen LogP contribution in [0.3, 0.4) is 0 Å². The number of benzene rings is 2. The van der Waals surface area contributed by atoms with E-state index in [4.69, 9.17) is 0 Å². The molecule has 0 fully saturated rings. The lowest BCUT2D eigenvalue weighted by atomic mass is 9.97. The number of nitrogens with one attached hydrogen (secondary N) is 1. The average Bonchev–Trinajstić information content (AvgIpc) is 2.85. The van der Waals surface area contributed by atoms with Crippen molar-refractivity contribution in [1.29, 1.82) is 0 Å². The van der Waals surface area contributed by atoms with Gasteiger partial charge in [-0.15, -0.1) is 0 Å². The van der Waals surface area contributed by atoms with Crippen molar-refractivity contribution in [3.8, 4) is 5.75 Å². The van der Waals surface area contributed by atoms with E-state index in [1.165, 1.54) is 5.57 Å². The lowest BCUT2D eigenvalue weighted by molar-refractivity contribution is -0.139. The Morgan fingerprint density at radius 3 is 2.63 bits per heavy atom. The van der Waals surface area contributed by atoms with E-state index in [1.807, 2.05) is 37.4 Å². The van der Waals surface area contributed by atoms with Gasteiger partial charge in [0.05, 0.1) is 0 Å². The largest absolute Gasteiger partial charge is 0.507 e. The molecule has 4 rings (SSSR count). The van der Waals surface area contributed by atoms with E-state index < -0.39 is 12.0 Å². The number of aromatic nitrogens is 1. The summed E-state index contributed by atoms with van der Waals surface area (Å²) in [6.07, 6.45) is 7.16. The highest BCUT2D eigenvalue weighted by molar-refractivity contribution is 7.97. The quantitative estimate of drug-likeness (QED) is 0.360. The van der Waals surface area contributed by atoms with E-state index in [0.717, 1.165) is 41.1 Å². The molecule has 1 unspecified atom stereocenters. The average molecular weight is 488 g/mol. The van der Waals surface area contributed by atoms with E-state index in [2.05, 4.69) is 45.5 Å². The molecule has 1 aromatic heterocycles. The first kappa shape index (κ1) is 24.6. The summed E-state index contributed by atoms with van der Waals surface area (Å²) in [6.45, 7) is 7.63. The fraction of sp³-hybridized carbons (Fsp3) is 0.214. The number of rotatable bonds is 9. The standard InChI is InChI=1S/C28H29N3O3S/c1-19-5-3-7-26(32)27(19)20(2)30-25(28(33)34)17-21-8-10-22(11-9-21)23-12-15-31(16-13-23)35-24-6-4-14-29-18-24/h3-12,14,18,25,30,32H,2,13,15-17H2,1H3,(H,33,34). The molecule has 0 saturated heterocycles. The van der Waals surface area contributed by atoms with Gasteiger partial charge < -0.3 is 15.5 Å². The van der Waals surface area contributed by atoms with Crippen LogP contribution in [0.15, 0.2) is 84.5 Å². The minimum atomic E-state index is -0.968. The van der Waals surface area contributed by atoms with Gasteiger partial charge in [-0.3, -0.25) is 4.98 Å². The van der Waals surface area contributed by atoms with Gasteiger partial charge in [0.1, 0.15) is 11.8 Å². The van der Waals surface area contributed by atoms with Gasteiger partial charge >= 0.3 is 5.97 Å². The molecule has 0 radical (unpaired) electrons. The molecule has 6 nitrogen and oxygen atoms in total. The van der Waals surface area contributed by atoms with Gasteiger partial charge in [-0.25, -0.2) is 9.10 Å². The second-order valence-corrected chi connectivity index (χ2v) is 9.70. The Morgan fingerprint density at radius 2 is 2.00 bits per heavy atom. The maximum absolute atomic E-state index is 11.9. The second-order valence-electron chi connectivity index (χ2n) is 8.53. The monoisotopic (exact) mass is 487 g/mol. The Hall–Kier alpha value is -3.55. The van der Waals surface area contributed by atoms with Gasteiger partial charge in [-0.1, -0.05) is 49.1 Å². The van der Waals surface area contributed by atoms with Crippen molar-refractivity contribution in [3.63, 3.8) is 0 Å². The first-order valence-corrected chi connectivity index (χ1v) is 12.3. The van der Waals surface area contributed by atoms with Crippen molar-refractivity contribution in [2.45, 2.75) is 30.7 Å². The Bertz CT molecular complexity index is 1210. The van der Waals surface area contributed by atoms with Crippen LogP contribution in [0.2, 0.25) is 0 Å². The van der Waals surface area contributed by atoms with Gasteiger partial charge in [0, 0.05) is 48.1 Å². The van der Waals surface area contributed by atoms with Gasteiger partial charge in [0.15, 0.2) is 0 Å². The minimum Gasteiger partial charge on any atom is -0.507 e. The smallest absolute Gasteiger partial charge is 0.326 e. The molecule has 3 N–H and O–H groups in total. The molecule has 0 aliphatic carbocycles. The summed E-state index contributed by atoms with van der Waals surface area (Å²) < 4.78 is 2.32. The van der Waals surface area contributed by atoms with Crippen LogP contribution in [0, 0.1) is 6.92 Å². The molecule has 180 valence electrons. The third-order valence-corrected chi connectivity index (χ3v) is 7.05. The molecule has 1 aliphatic heterocycles. The SMILES string of the molecule is C=C(NC(Cc1ccc(C2=CCN(Sc3cccnc3)CC2)cc1)C(=O)O)c1c(C)cccc1O. The zero-order valence-corrected chi connectivity index (χ0v) is 20.5. The molecule has 1 aliphatic rings. The summed E-state index contributed by atoms with van der Waals surface area (Å²) in [5.41, 5.74) is 5.14. The summed E-state index contributed by atoms with van der Waals surface area (Å²) in [6, 6.07) is 16.4. The molecule has 0 amide bonds. The summed E-state index contributed by atoms with van der Waals surface area (Å²) >= 11 is 1.72. The van der Waals surface area contributed by atoms with Crippen LogP contribution in [0.1, 0.15) is 28.7 Å². The maximum Gasteiger partial charge on any atom is 0.326 e. The van der Waals surface area contributed by atoms with Crippen molar-refractivity contribution in [2.75, 3.05) is 13.1 Å². The van der Waals surface area contributed by atoms with E-state index in [1.54, 1.807) is 30.3 Å². The van der Waals surface area contributed by atoms with Crippen molar-refractivity contribution < 1.29 is 15.0 Å². The van der Waals surface area contributed by atoms with E-state index >= 15 is 0 Å². The number of hydrogen-bond donors (Lipinski definition) is 3. The highest BCUT2D eigenvalue weighted by Gasteiger charge is 2.21. The molecular weight excluding hydrogens is 458 g/mol. The molecular formula is C28H29N3O3S. The number of hydrogen-bond acceptors (Lipinski definition) is 6. The van der Waals surface area contributed by atoms with E-state index in [0.29, 0.717) is 17.7 Å². The van der Waals surface area contributed by atoms with Gasteiger partial charge in [-0.2, -0.15) is 0 Å². The van der Waals surface area contributed by atoms with Crippen LogP contribution in [-0.4, -0.2) is 44.6 Å². The predicted octanol–water partition coefficient (Wildman–Crippen LogP) is 5.15. The number of aromatic hydroxyl groups is 1. The fourth-order valence-corrected chi connectivity index (χ4v) is 5.04. The molecule has 1 atom stereocenters. The highest BCUT2D eigenvalue weighted by Crippen LogP contribution is 2.29. The molecule has 0 bridgehead atoms. The van der Waals surface area contributed by atoms with Crippen molar-refractivity contribution in [3.05, 3.63) is 102 Å². The van der Waals surface area contributed by atoms with Crippen LogP contribution in [-0.2, 0) is 11.2 Å². The molecule has 3 aromatic rings. The lowest BCUT2D eigenvalue weighted by Crippen LogP contribution is -2.37. The van der Waals surface area contributed by atoms with E-state index in [9.17, 15) is 15.0 Å². The molecule has 2 heterocycles. The third-order valence-electron chi connectivity index (χ3n) is 6.00. The first-order chi connectivity index (χ1) is 16.9. The summed E-state index contributed by atoms with van der Waals surface area (Å²) in [5.74, 6) is -0.890. The van der Waals surface area contributed by atoms with Crippen LogP contribution in [0.4, 0.5) is 0 Å². The highest BCUT2D eigenvalue weighted by atomic mass is 32.2. The maximum atomic E-state index is 11.9. The van der Waals surface area contributed by atoms with Gasteiger partial charge in [0.2, 0.25) is 0 Å². The number of carboxylic acids is 1. The van der Waals surface area contributed by atoms with Crippen LogP contribution in [0.25, 0.3) is 11.3 Å². The second kappa shape index (κ2) is 11.3. The lowest BCUT2D eigenvalue weighted by Gasteiger charge is -2.25. The summed E-state index contributed by atoms with van der Waals surface area (Å²) in [7, 11) is 0.